The Kier molecular flexibility index (Phi) is 5.85. The molecule has 0 spiro atoms. The highest BCUT2D eigenvalue weighted by Gasteiger charge is 2.18. The fourth-order valence-electron chi connectivity index (χ4n) is 1.52. The first-order valence-electron chi connectivity index (χ1n) is 6.30. The normalized spacial score (nSPS) is 11.5. The SMILES string of the molecule is CCN(CC)C(=O)OC(C)OC(=O)c1ccccc1. The Morgan fingerprint density at radius 1 is 1.11 bits per heavy atom. The summed E-state index contributed by atoms with van der Waals surface area (Å²) < 4.78 is 10.1. The first kappa shape index (κ1) is 15.0. The van der Waals surface area contributed by atoms with Gasteiger partial charge in [0.2, 0.25) is 6.29 Å². The van der Waals surface area contributed by atoms with Gasteiger partial charge in [0.1, 0.15) is 0 Å². The molecule has 0 aliphatic carbocycles. The smallest absolute Gasteiger partial charge is 0.412 e. The minimum absolute atomic E-state index is 0.424. The summed E-state index contributed by atoms with van der Waals surface area (Å²) in [5.74, 6) is -0.513. The zero-order chi connectivity index (χ0) is 14.3. The largest absolute Gasteiger partial charge is 0.422 e. The fourth-order valence-corrected chi connectivity index (χ4v) is 1.52. The number of rotatable bonds is 5. The van der Waals surface area contributed by atoms with Gasteiger partial charge < -0.3 is 14.4 Å². The minimum Gasteiger partial charge on any atom is -0.422 e. The molecule has 1 amide bonds. The summed E-state index contributed by atoms with van der Waals surface area (Å²) in [6.45, 7) is 6.32. The topological polar surface area (TPSA) is 55.8 Å². The standard InChI is InChI=1S/C14H19NO4/c1-4-15(5-2)14(17)19-11(3)18-13(16)12-9-7-6-8-10-12/h6-11H,4-5H2,1-3H3. The summed E-state index contributed by atoms with van der Waals surface area (Å²) in [5.41, 5.74) is 0.424. The molecule has 1 aromatic rings. The lowest BCUT2D eigenvalue weighted by Crippen LogP contribution is -2.34. The Bertz CT molecular complexity index is 415. The lowest BCUT2D eigenvalue weighted by Gasteiger charge is -2.21. The summed E-state index contributed by atoms with van der Waals surface area (Å²) in [6, 6.07) is 8.56. The van der Waals surface area contributed by atoms with E-state index in [1.807, 2.05) is 13.8 Å². The fraction of sp³-hybridized carbons (Fsp3) is 0.429. The molecule has 0 heterocycles. The zero-order valence-electron chi connectivity index (χ0n) is 11.5. The molecule has 0 saturated carbocycles. The molecular weight excluding hydrogens is 246 g/mol. The Hall–Kier alpha value is -2.04. The van der Waals surface area contributed by atoms with E-state index in [-0.39, 0.29) is 0 Å². The van der Waals surface area contributed by atoms with Crippen LogP contribution in [0.25, 0.3) is 0 Å². The third kappa shape index (κ3) is 4.62. The zero-order valence-corrected chi connectivity index (χ0v) is 11.5. The second-order valence-electron chi connectivity index (χ2n) is 3.90. The van der Waals surface area contributed by atoms with E-state index in [1.165, 1.54) is 11.8 Å². The highest BCUT2D eigenvalue weighted by atomic mass is 16.7. The highest BCUT2D eigenvalue weighted by Crippen LogP contribution is 2.06. The lowest BCUT2D eigenvalue weighted by atomic mass is 10.2. The molecule has 0 fully saturated rings. The molecule has 0 aliphatic heterocycles. The van der Waals surface area contributed by atoms with Crippen LogP contribution in [0.3, 0.4) is 0 Å². The van der Waals surface area contributed by atoms with Crippen molar-refractivity contribution in [3.8, 4) is 0 Å². The van der Waals surface area contributed by atoms with Gasteiger partial charge in [0, 0.05) is 20.0 Å². The van der Waals surface area contributed by atoms with Crippen LogP contribution >= 0.6 is 0 Å². The second kappa shape index (κ2) is 7.41. The third-order valence-corrected chi connectivity index (χ3v) is 2.57. The van der Waals surface area contributed by atoms with Crippen molar-refractivity contribution in [3.63, 3.8) is 0 Å². The van der Waals surface area contributed by atoms with Crippen LogP contribution in [0.15, 0.2) is 30.3 Å². The van der Waals surface area contributed by atoms with Crippen LogP contribution in [0, 0.1) is 0 Å². The van der Waals surface area contributed by atoms with Crippen molar-refractivity contribution in [1.82, 2.24) is 4.90 Å². The third-order valence-electron chi connectivity index (χ3n) is 2.57. The molecule has 1 rings (SSSR count). The molecular formula is C14H19NO4. The number of amides is 1. The minimum atomic E-state index is -0.916. The van der Waals surface area contributed by atoms with Crippen LogP contribution in [-0.4, -0.2) is 36.3 Å². The van der Waals surface area contributed by atoms with Crippen LogP contribution in [0.2, 0.25) is 0 Å². The van der Waals surface area contributed by atoms with Gasteiger partial charge in [-0.2, -0.15) is 0 Å². The predicted octanol–water partition coefficient (Wildman–Crippen LogP) is 2.67. The van der Waals surface area contributed by atoms with Gasteiger partial charge in [-0.1, -0.05) is 18.2 Å². The molecule has 1 unspecified atom stereocenters. The molecule has 0 N–H and O–H groups in total. The first-order chi connectivity index (χ1) is 9.08. The van der Waals surface area contributed by atoms with Gasteiger partial charge >= 0.3 is 12.1 Å². The number of carbonyl (C=O) groups excluding carboxylic acids is 2. The number of carbonyl (C=O) groups is 2. The van der Waals surface area contributed by atoms with E-state index in [1.54, 1.807) is 30.3 Å². The average Bonchev–Trinajstić information content (AvgIpc) is 2.40. The van der Waals surface area contributed by atoms with E-state index in [4.69, 9.17) is 9.47 Å². The van der Waals surface area contributed by atoms with Crippen molar-refractivity contribution < 1.29 is 19.1 Å². The van der Waals surface area contributed by atoms with Gasteiger partial charge in [0.05, 0.1) is 5.56 Å². The number of hydrogen-bond acceptors (Lipinski definition) is 4. The van der Waals surface area contributed by atoms with E-state index in [0.717, 1.165) is 0 Å². The van der Waals surface area contributed by atoms with Crippen LogP contribution in [0.1, 0.15) is 31.1 Å². The molecule has 5 nitrogen and oxygen atoms in total. The monoisotopic (exact) mass is 265 g/mol. The number of benzene rings is 1. The summed E-state index contributed by atoms with van der Waals surface area (Å²) >= 11 is 0. The summed E-state index contributed by atoms with van der Waals surface area (Å²) in [4.78, 5) is 24.9. The summed E-state index contributed by atoms with van der Waals surface area (Å²) in [7, 11) is 0. The quantitative estimate of drug-likeness (QED) is 0.606. The van der Waals surface area contributed by atoms with Gasteiger partial charge in [-0.3, -0.25) is 0 Å². The van der Waals surface area contributed by atoms with Gasteiger partial charge in [-0.05, 0) is 26.0 Å². The van der Waals surface area contributed by atoms with E-state index in [9.17, 15) is 9.59 Å². The van der Waals surface area contributed by atoms with Gasteiger partial charge in [0.15, 0.2) is 0 Å². The Morgan fingerprint density at radius 2 is 1.68 bits per heavy atom. The molecule has 0 bridgehead atoms. The molecule has 19 heavy (non-hydrogen) atoms. The lowest BCUT2D eigenvalue weighted by molar-refractivity contribution is -0.0686. The van der Waals surface area contributed by atoms with E-state index in [0.29, 0.717) is 18.7 Å². The van der Waals surface area contributed by atoms with Crippen molar-refractivity contribution in [2.75, 3.05) is 13.1 Å². The Labute approximate surface area is 113 Å². The van der Waals surface area contributed by atoms with E-state index < -0.39 is 18.4 Å². The average molecular weight is 265 g/mol. The molecule has 0 radical (unpaired) electrons. The van der Waals surface area contributed by atoms with Crippen molar-refractivity contribution in [2.45, 2.75) is 27.1 Å². The molecule has 1 atom stereocenters. The highest BCUT2D eigenvalue weighted by molar-refractivity contribution is 5.89. The number of nitrogens with zero attached hydrogens (tertiary/aromatic N) is 1. The van der Waals surface area contributed by atoms with Gasteiger partial charge in [0.25, 0.3) is 0 Å². The summed E-state index contributed by atoms with van der Waals surface area (Å²) in [6.07, 6.45) is -1.40. The molecule has 1 aromatic carbocycles. The van der Waals surface area contributed by atoms with E-state index >= 15 is 0 Å². The predicted molar refractivity (Wildman–Crippen MR) is 70.7 cm³/mol. The van der Waals surface area contributed by atoms with Crippen LogP contribution in [0.5, 0.6) is 0 Å². The van der Waals surface area contributed by atoms with Crippen molar-refractivity contribution in [2.24, 2.45) is 0 Å². The Morgan fingerprint density at radius 3 is 2.21 bits per heavy atom. The van der Waals surface area contributed by atoms with Crippen LogP contribution in [0.4, 0.5) is 4.79 Å². The van der Waals surface area contributed by atoms with Crippen LogP contribution in [-0.2, 0) is 9.47 Å². The molecule has 0 aliphatic rings. The first-order valence-corrected chi connectivity index (χ1v) is 6.30. The number of ether oxygens (including phenoxy) is 2. The second-order valence-corrected chi connectivity index (χ2v) is 3.90. The van der Waals surface area contributed by atoms with Gasteiger partial charge in [-0.15, -0.1) is 0 Å². The maximum atomic E-state index is 11.7. The van der Waals surface area contributed by atoms with Crippen molar-refractivity contribution in [1.29, 1.82) is 0 Å². The maximum Gasteiger partial charge on any atom is 0.412 e. The molecule has 0 aromatic heterocycles. The van der Waals surface area contributed by atoms with Crippen molar-refractivity contribution >= 4 is 12.1 Å². The summed E-state index contributed by atoms with van der Waals surface area (Å²) in [5, 5.41) is 0. The Balaban J connectivity index is 2.49. The number of hydrogen-bond donors (Lipinski definition) is 0. The molecule has 104 valence electrons. The van der Waals surface area contributed by atoms with Gasteiger partial charge in [-0.25, -0.2) is 9.59 Å². The number of esters is 1. The van der Waals surface area contributed by atoms with Crippen molar-refractivity contribution in [3.05, 3.63) is 35.9 Å². The molecule has 5 heteroatoms. The maximum absolute atomic E-state index is 11.7. The molecule has 0 saturated heterocycles. The van der Waals surface area contributed by atoms with E-state index in [2.05, 4.69) is 0 Å². The van der Waals surface area contributed by atoms with Crippen LogP contribution < -0.4 is 0 Å².